The molecule has 0 bridgehead atoms. The Morgan fingerprint density at radius 1 is 0.889 bits per heavy atom. The van der Waals surface area contributed by atoms with Crippen LogP contribution in [0.25, 0.3) is 38.6 Å². The predicted octanol–water partition coefficient (Wildman–Crippen LogP) is 6.98. The van der Waals surface area contributed by atoms with Gasteiger partial charge in [-0.1, -0.05) is 61.5 Å². The highest BCUT2D eigenvalue weighted by Gasteiger charge is 2.16. The van der Waals surface area contributed by atoms with Crippen LogP contribution in [0.1, 0.15) is 24.5 Å². The third kappa shape index (κ3) is 4.18. The molecule has 2 aromatic heterocycles. The lowest BCUT2D eigenvalue weighted by Gasteiger charge is -2.34. The molecule has 4 heteroatoms. The van der Waals surface area contributed by atoms with Gasteiger partial charge in [0.2, 0.25) is 0 Å². The molecule has 3 aromatic carbocycles. The van der Waals surface area contributed by atoms with Gasteiger partial charge in [0.15, 0.2) is 0 Å². The van der Waals surface area contributed by atoms with Crippen LogP contribution in [0.2, 0.25) is 0 Å². The standard InChI is InChI=1S/C32H32N4/c1-3-7-27(24-8-5-4-6-9-24)28-16-17-33-32-31(28)29-22-25(12-15-30(29)34-32)23-10-13-26(14-11-23)36-20-18-35(2)19-21-36/h4-17,22H,3,18-21H2,1-2H3,(H,33,34)/b27-7+. The molecular formula is C32H32N4. The zero-order chi connectivity index (χ0) is 24.5. The highest BCUT2D eigenvalue weighted by molar-refractivity contribution is 6.13. The van der Waals surface area contributed by atoms with Crippen molar-refractivity contribution in [3.63, 3.8) is 0 Å². The molecule has 5 aromatic rings. The van der Waals surface area contributed by atoms with Crippen molar-refractivity contribution in [2.75, 3.05) is 38.1 Å². The van der Waals surface area contributed by atoms with Crippen molar-refractivity contribution in [3.05, 3.63) is 102 Å². The van der Waals surface area contributed by atoms with Crippen LogP contribution in [0.15, 0.2) is 91.1 Å². The lowest BCUT2D eigenvalue weighted by molar-refractivity contribution is 0.313. The van der Waals surface area contributed by atoms with Gasteiger partial charge in [0.1, 0.15) is 5.65 Å². The predicted molar refractivity (Wildman–Crippen MR) is 153 cm³/mol. The van der Waals surface area contributed by atoms with Crippen molar-refractivity contribution < 1.29 is 0 Å². The molecular weight excluding hydrogens is 440 g/mol. The molecule has 0 aliphatic carbocycles. The molecule has 4 nitrogen and oxygen atoms in total. The van der Waals surface area contributed by atoms with Gasteiger partial charge in [0.05, 0.1) is 0 Å². The van der Waals surface area contributed by atoms with Crippen LogP contribution >= 0.6 is 0 Å². The van der Waals surface area contributed by atoms with E-state index in [1.165, 1.54) is 44.3 Å². The largest absolute Gasteiger partial charge is 0.369 e. The highest BCUT2D eigenvalue weighted by atomic mass is 15.2. The number of hydrogen-bond donors (Lipinski definition) is 1. The Hall–Kier alpha value is -3.89. The van der Waals surface area contributed by atoms with Crippen molar-refractivity contribution in [1.82, 2.24) is 14.9 Å². The summed E-state index contributed by atoms with van der Waals surface area (Å²) in [6.07, 6.45) is 5.21. The van der Waals surface area contributed by atoms with Crippen molar-refractivity contribution in [2.45, 2.75) is 13.3 Å². The number of anilines is 1. The Morgan fingerprint density at radius 2 is 1.64 bits per heavy atom. The van der Waals surface area contributed by atoms with Gasteiger partial charge in [-0.25, -0.2) is 4.98 Å². The maximum Gasteiger partial charge on any atom is 0.138 e. The molecule has 0 spiro atoms. The molecule has 1 aliphatic heterocycles. The van der Waals surface area contributed by atoms with Gasteiger partial charge < -0.3 is 14.8 Å². The first kappa shape index (κ1) is 22.6. The fraction of sp³-hybridized carbons (Fsp3) is 0.219. The summed E-state index contributed by atoms with van der Waals surface area (Å²) in [5.41, 5.74) is 9.54. The normalized spacial score (nSPS) is 15.2. The second kappa shape index (κ2) is 9.63. The first-order chi connectivity index (χ1) is 17.7. The van der Waals surface area contributed by atoms with E-state index in [0.29, 0.717) is 0 Å². The number of likely N-dealkylation sites (N-methyl/N-ethyl adjacent to an activating group) is 1. The van der Waals surface area contributed by atoms with Gasteiger partial charge in [0.25, 0.3) is 0 Å². The van der Waals surface area contributed by atoms with Crippen LogP contribution in [-0.2, 0) is 0 Å². The molecule has 0 amide bonds. The first-order valence-corrected chi connectivity index (χ1v) is 12.9. The minimum absolute atomic E-state index is 0.933. The summed E-state index contributed by atoms with van der Waals surface area (Å²) in [6, 6.07) is 28.6. The van der Waals surface area contributed by atoms with Crippen molar-refractivity contribution in [3.8, 4) is 11.1 Å². The van der Waals surface area contributed by atoms with Crippen LogP contribution in [0.4, 0.5) is 5.69 Å². The zero-order valence-corrected chi connectivity index (χ0v) is 21.0. The maximum atomic E-state index is 4.69. The second-order valence-electron chi connectivity index (χ2n) is 9.70. The van der Waals surface area contributed by atoms with Crippen LogP contribution in [0, 0.1) is 0 Å². The summed E-state index contributed by atoms with van der Waals surface area (Å²) < 4.78 is 0. The van der Waals surface area contributed by atoms with E-state index in [4.69, 9.17) is 4.98 Å². The van der Waals surface area contributed by atoms with Gasteiger partial charge in [-0.05, 0) is 71.6 Å². The quantitative estimate of drug-likeness (QED) is 0.300. The number of nitrogens with zero attached hydrogens (tertiary/aromatic N) is 3. The van der Waals surface area contributed by atoms with E-state index in [-0.39, 0.29) is 0 Å². The smallest absolute Gasteiger partial charge is 0.138 e. The van der Waals surface area contributed by atoms with E-state index in [1.54, 1.807) is 0 Å². The summed E-state index contributed by atoms with van der Waals surface area (Å²) in [7, 11) is 2.20. The minimum atomic E-state index is 0.933. The minimum Gasteiger partial charge on any atom is -0.369 e. The van der Waals surface area contributed by atoms with Crippen molar-refractivity contribution in [2.24, 2.45) is 0 Å². The van der Waals surface area contributed by atoms with E-state index < -0.39 is 0 Å². The molecule has 1 saturated heterocycles. The lowest BCUT2D eigenvalue weighted by atomic mass is 9.93. The molecule has 180 valence electrons. The van der Waals surface area contributed by atoms with E-state index in [9.17, 15) is 0 Å². The maximum absolute atomic E-state index is 4.69. The third-order valence-corrected chi connectivity index (χ3v) is 7.35. The first-order valence-electron chi connectivity index (χ1n) is 12.9. The number of nitrogens with one attached hydrogen (secondary N) is 1. The number of piperazine rings is 1. The van der Waals surface area contributed by atoms with Gasteiger partial charge in [-0.15, -0.1) is 0 Å². The number of aromatic nitrogens is 2. The Bertz CT molecular complexity index is 1520. The van der Waals surface area contributed by atoms with E-state index in [2.05, 4.69) is 114 Å². The van der Waals surface area contributed by atoms with Crippen LogP contribution in [-0.4, -0.2) is 48.1 Å². The lowest BCUT2D eigenvalue weighted by Crippen LogP contribution is -2.44. The topological polar surface area (TPSA) is 35.2 Å². The summed E-state index contributed by atoms with van der Waals surface area (Å²) in [4.78, 5) is 13.1. The third-order valence-electron chi connectivity index (χ3n) is 7.35. The highest BCUT2D eigenvalue weighted by Crippen LogP contribution is 2.36. The number of fused-ring (bicyclic) bond motifs is 3. The summed E-state index contributed by atoms with van der Waals surface area (Å²) in [6.45, 7) is 6.60. The number of rotatable bonds is 5. The molecule has 1 fully saturated rings. The average Bonchev–Trinajstić information content (AvgIpc) is 3.31. The number of aromatic amines is 1. The van der Waals surface area contributed by atoms with Crippen LogP contribution in [0.3, 0.4) is 0 Å². The Labute approximate surface area is 212 Å². The number of allylic oxidation sites excluding steroid dienone is 1. The van der Waals surface area contributed by atoms with E-state index >= 15 is 0 Å². The van der Waals surface area contributed by atoms with Crippen LogP contribution < -0.4 is 4.90 Å². The van der Waals surface area contributed by atoms with Gasteiger partial charge in [0, 0.05) is 54.4 Å². The van der Waals surface area contributed by atoms with Crippen molar-refractivity contribution >= 4 is 33.2 Å². The number of H-pyrrole nitrogens is 1. The molecule has 0 radical (unpaired) electrons. The monoisotopic (exact) mass is 472 g/mol. The zero-order valence-electron chi connectivity index (χ0n) is 21.0. The molecule has 6 rings (SSSR count). The van der Waals surface area contributed by atoms with Gasteiger partial charge >= 0.3 is 0 Å². The molecule has 1 aliphatic rings. The molecule has 1 N–H and O–H groups in total. The summed E-state index contributed by atoms with van der Waals surface area (Å²) in [5, 5.41) is 2.40. The number of pyridine rings is 1. The van der Waals surface area contributed by atoms with E-state index in [0.717, 1.165) is 43.8 Å². The fourth-order valence-electron chi connectivity index (χ4n) is 5.36. The summed E-state index contributed by atoms with van der Waals surface area (Å²) >= 11 is 0. The summed E-state index contributed by atoms with van der Waals surface area (Å²) in [5.74, 6) is 0. The van der Waals surface area contributed by atoms with Crippen molar-refractivity contribution in [1.29, 1.82) is 0 Å². The Balaban J connectivity index is 1.42. The van der Waals surface area contributed by atoms with Gasteiger partial charge in [-0.2, -0.15) is 0 Å². The second-order valence-corrected chi connectivity index (χ2v) is 9.70. The number of benzene rings is 3. The molecule has 0 atom stereocenters. The molecule has 3 heterocycles. The van der Waals surface area contributed by atoms with Gasteiger partial charge in [-0.3, -0.25) is 0 Å². The fourth-order valence-corrected chi connectivity index (χ4v) is 5.36. The Kier molecular flexibility index (Phi) is 6.04. The SMILES string of the molecule is CC/C=C(\c1ccccc1)c1ccnc2[nH]c3ccc(-c4ccc(N5CCN(C)CC5)cc4)cc3c12. The van der Waals surface area contributed by atoms with E-state index in [1.807, 2.05) is 6.20 Å². The molecule has 0 unspecified atom stereocenters. The van der Waals surface area contributed by atoms with Crippen LogP contribution in [0.5, 0.6) is 0 Å². The average molecular weight is 473 g/mol. The number of hydrogen-bond acceptors (Lipinski definition) is 3. The molecule has 36 heavy (non-hydrogen) atoms. The molecule has 0 saturated carbocycles. The Morgan fingerprint density at radius 3 is 2.39 bits per heavy atom.